The second-order valence-electron chi connectivity index (χ2n) is 7.96. The van der Waals surface area contributed by atoms with Gasteiger partial charge in [0.05, 0.1) is 21.3 Å². The second-order valence-corrected chi connectivity index (χ2v) is 10.5. The monoisotopic (exact) mass is 453 g/mol. The van der Waals surface area contributed by atoms with Gasteiger partial charge < -0.3 is 5.73 Å². The summed E-state index contributed by atoms with van der Waals surface area (Å²) in [6, 6.07) is 16.0. The average Bonchev–Trinajstić information content (AvgIpc) is 3.06. The van der Waals surface area contributed by atoms with Crippen molar-refractivity contribution >= 4 is 38.7 Å². The first-order valence-electron chi connectivity index (χ1n) is 9.09. The Bertz CT molecular complexity index is 1060. The number of carbonyl (C=O) groups excluding carboxylic acids is 1. The number of allylic oxidation sites excluding steroid dienone is 3. The minimum atomic E-state index is -0.403. The van der Waals surface area contributed by atoms with Crippen molar-refractivity contribution in [1.82, 2.24) is 0 Å². The molecule has 0 saturated heterocycles. The third-order valence-electron chi connectivity index (χ3n) is 5.27. The maximum absolute atomic E-state index is 13.3. The molecule has 0 radical (unpaired) electrons. The molecule has 0 saturated carbocycles. The molecule has 28 heavy (non-hydrogen) atoms. The van der Waals surface area contributed by atoms with Gasteiger partial charge in [-0.15, -0.1) is 11.3 Å². The summed E-state index contributed by atoms with van der Waals surface area (Å²) in [6.07, 6.45) is 1.20. The molecule has 0 unspecified atom stereocenters. The minimum Gasteiger partial charge on any atom is -0.384 e. The standard InChI is InChI=1S/C22H20BrN3OS/c1-22(2)10-15-20(16(27)11-22)19(17-8-9-18(23)28-17)14(12-24)21(25)26(15)13-6-4-3-5-7-13/h3-9,19H,10-11,25H2,1-2H3/t19-/m0/s1. The fourth-order valence-electron chi connectivity index (χ4n) is 4.15. The average molecular weight is 454 g/mol. The molecule has 0 amide bonds. The number of nitriles is 1. The molecule has 1 aromatic heterocycles. The Morgan fingerprint density at radius 3 is 2.54 bits per heavy atom. The molecule has 1 aliphatic carbocycles. The van der Waals surface area contributed by atoms with E-state index in [2.05, 4.69) is 35.8 Å². The zero-order valence-corrected chi connectivity index (χ0v) is 18.1. The molecule has 0 spiro atoms. The van der Waals surface area contributed by atoms with Gasteiger partial charge in [0.15, 0.2) is 5.78 Å². The quantitative estimate of drug-likeness (QED) is 0.655. The van der Waals surface area contributed by atoms with E-state index in [1.54, 1.807) is 11.3 Å². The lowest BCUT2D eigenvalue weighted by atomic mass is 9.69. The molecule has 2 aromatic rings. The highest BCUT2D eigenvalue weighted by Gasteiger charge is 2.45. The van der Waals surface area contributed by atoms with Crippen LogP contribution in [-0.2, 0) is 4.79 Å². The molecular formula is C22H20BrN3OS. The topological polar surface area (TPSA) is 70.1 Å². The van der Waals surface area contributed by atoms with E-state index in [9.17, 15) is 10.1 Å². The Morgan fingerprint density at radius 1 is 1.21 bits per heavy atom. The third kappa shape index (κ3) is 3.09. The Labute approximate surface area is 177 Å². The summed E-state index contributed by atoms with van der Waals surface area (Å²) in [5, 5.41) is 9.99. The summed E-state index contributed by atoms with van der Waals surface area (Å²) in [7, 11) is 0. The first-order valence-corrected chi connectivity index (χ1v) is 10.7. The SMILES string of the molecule is CC1(C)CC(=O)C2=C(C1)N(c1ccccc1)C(N)=C(C#N)[C@H]2c1ccc(Br)s1. The van der Waals surface area contributed by atoms with E-state index in [1.165, 1.54) is 0 Å². The fraction of sp³-hybridized carbons (Fsp3) is 0.273. The van der Waals surface area contributed by atoms with Gasteiger partial charge in [0, 0.05) is 28.3 Å². The van der Waals surface area contributed by atoms with Crippen LogP contribution in [0.15, 0.2) is 68.9 Å². The zero-order valence-electron chi connectivity index (χ0n) is 15.7. The van der Waals surface area contributed by atoms with E-state index in [0.717, 1.165) is 26.5 Å². The van der Waals surface area contributed by atoms with E-state index in [-0.39, 0.29) is 11.2 Å². The first-order chi connectivity index (χ1) is 13.3. The van der Waals surface area contributed by atoms with Gasteiger partial charge in [0.1, 0.15) is 5.82 Å². The lowest BCUT2D eigenvalue weighted by Gasteiger charge is -2.43. The number of anilines is 1. The number of hydrogen-bond donors (Lipinski definition) is 1. The molecule has 4 rings (SSSR count). The van der Waals surface area contributed by atoms with E-state index < -0.39 is 5.92 Å². The number of para-hydroxylation sites is 1. The van der Waals surface area contributed by atoms with Crippen LogP contribution in [0.4, 0.5) is 5.69 Å². The summed E-state index contributed by atoms with van der Waals surface area (Å²) in [6.45, 7) is 4.21. The molecule has 4 nitrogen and oxygen atoms in total. The maximum Gasteiger partial charge on any atom is 0.162 e. The van der Waals surface area contributed by atoms with Crippen molar-refractivity contribution in [3.8, 4) is 6.07 Å². The molecular weight excluding hydrogens is 434 g/mol. The summed E-state index contributed by atoms with van der Waals surface area (Å²) in [5.74, 6) is 0.106. The molecule has 142 valence electrons. The van der Waals surface area contributed by atoms with Gasteiger partial charge >= 0.3 is 0 Å². The lowest BCUT2D eigenvalue weighted by Crippen LogP contribution is -2.42. The number of thiophene rings is 1. The Kier molecular flexibility index (Phi) is 4.68. The van der Waals surface area contributed by atoms with Gasteiger partial charge in [-0.2, -0.15) is 5.26 Å². The molecule has 1 aliphatic heterocycles. The van der Waals surface area contributed by atoms with Crippen LogP contribution in [0.5, 0.6) is 0 Å². The van der Waals surface area contributed by atoms with Gasteiger partial charge in [-0.25, -0.2) is 0 Å². The van der Waals surface area contributed by atoms with Crippen LogP contribution in [0.25, 0.3) is 0 Å². The maximum atomic E-state index is 13.3. The van der Waals surface area contributed by atoms with Crippen LogP contribution in [0.1, 0.15) is 37.5 Å². The van der Waals surface area contributed by atoms with Gasteiger partial charge in [-0.05, 0) is 52.0 Å². The predicted octanol–water partition coefficient (Wildman–Crippen LogP) is 5.45. The number of nitrogens with zero attached hydrogens (tertiary/aromatic N) is 2. The Morgan fingerprint density at radius 2 is 1.93 bits per heavy atom. The summed E-state index contributed by atoms with van der Waals surface area (Å²) in [4.78, 5) is 16.2. The van der Waals surface area contributed by atoms with Gasteiger partial charge in [0.2, 0.25) is 0 Å². The zero-order chi connectivity index (χ0) is 20.1. The fourth-order valence-corrected chi connectivity index (χ4v) is 5.69. The van der Waals surface area contributed by atoms with Crippen molar-refractivity contribution < 1.29 is 4.79 Å². The molecule has 1 atom stereocenters. The van der Waals surface area contributed by atoms with E-state index in [4.69, 9.17) is 5.73 Å². The highest BCUT2D eigenvalue weighted by Crippen LogP contribution is 2.51. The second kappa shape index (κ2) is 6.91. The highest BCUT2D eigenvalue weighted by atomic mass is 79.9. The smallest absolute Gasteiger partial charge is 0.162 e. The van der Waals surface area contributed by atoms with Gasteiger partial charge in [-0.3, -0.25) is 9.69 Å². The van der Waals surface area contributed by atoms with Crippen LogP contribution in [0.3, 0.4) is 0 Å². The lowest BCUT2D eigenvalue weighted by molar-refractivity contribution is -0.118. The molecule has 0 fully saturated rings. The number of nitrogens with two attached hydrogens (primary N) is 1. The van der Waals surface area contributed by atoms with E-state index >= 15 is 0 Å². The number of ketones is 1. The van der Waals surface area contributed by atoms with Crippen LogP contribution >= 0.6 is 27.3 Å². The number of hydrogen-bond acceptors (Lipinski definition) is 5. The van der Waals surface area contributed by atoms with E-state index in [0.29, 0.717) is 23.4 Å². The largest absolute Gasteiger partial charge is 0.384 e. The summed E-state index contributed by atoms with van der Waals surface area (Å²) < 4.78 is 0.967. The van der Waals surface area contributed by atoms with Crippen molar-refractivity contribution in [3.05, 3.63) is 73.8 Å². The van der Waals surface area contributed by atoms with Crippen molar-refractivity contribution in [2.45, 2.75) is 32.6 Å². The molecule has 2 heterocycles. The summed E-state index contributed by atoms with van der Waals surface area (Å²) in [5.41, 5.74) is 9.35. The van der Waals surface area contributed by atoms with Gasteiger partial charge in [-0.1, -0.05) is 32.0 Å². The van der Waals surface area contributed by atoms with Crippen LogP contribution in [-0.4, -0.2) is 5.78 Å². The molecule has 6 heteroatoms. The van der Waals surface area contributed by atoms with Crippen LogP contribution in [0, 0.1) is 16.7 Å². The van der Waals surface area contributed by atoms with Crippen molar-refractivity contribution in [2.75, 3.05) is 4.90 Å². The number of carbonyl (C=O) groups is 1. The molecule has 2 N–H and O–H groups in total. The van der Waals surface area contributed by atoms with Crippen LogP contribution < -0.4 is 10.6 Å². The van der Waals surface area contributed by atoms with Crippen molar-refractivity contribution in [1.29, 1.82) is 5.26 Å². The van der Waals surface area contributed by atoms with E-state index in [1.807, 2.05) is 47.4 Å². The molecule has 1 aromatic carbocycles. The van der Waals surface area contributed by atoms with Crippen LogP contribution in [0.2, 0.25) is 0 Å². The predicted molar refractivity (Wildman–Crippen MR) is 116 cm³/mol. The number of rotatable bonds is 2. The highest BCUT2D eigenvalue weighted by molar-refractivity contribution is 9.11. The Hall–Kier alpha value is -2.36. The van der Waals surface area contributed by atoms with Crippen molar-refractivity contribution in [2.24, 2.45) is 11.1 Å². The summed E-state index contributed by atoms with van der Waals surface area (Å²) >= 11 is 5.04. The third-order valence-corrected chi connectivity index (χ3v) is 6.96. The number of Topliss-reactive ketones (excluding diaryl/α,β-unsaturated/α-hetero) is 1. The first kappa shape index (κ1) is 19.0. The van der Waals surface area contributed by atoms with Gasteiger partial charge in [0.25, 0.3) is 0 Å². The van der Waals surface area contributed by atoms with Crippen molar-refractivity contribution in [3.63, 3.8) is 0 Å². The number of benzene rings is 1. The normalized spacial score (nSPS) is 21.6. The molecule has 2 aliphatic rings. The molecule has 0 bridgehead atoms. The minimum absolute atomic E-state index is 0.0990. The Balaban J connectivity index is 2.00. The number of halogens is 1.